The van der Waals surface area contributed by atoms with Crippen molar-refractivity contribution in [3.63, 3.8) is 0 Å². The van der Waals surface area contributed by atoms with Gasteiger partial charge in [-0.2, -0.15) is 13.2 Å². The number of benzene rings is 2. The van der Waals surface area contributed by atoms with Crippen LogP contribution < -0.4 is 10.1 Å². The molecule has 0 heterocycles. The first kappa shape index (κ1) is 19.6. The normalized spacial score (nSPS) is 20.2. The van der Waals surface area contributed by atoms with E-state index in [0.717, 1.165) is 37.0 Å². The molecule has 0 aliphatic heterocycles. The molecule has 1 aliphatic carbocycles. The number of rotatable bonds is 3. The highest BCUT2D eigenvalue weighted by atomic mass is 35.5. The highest BCUT2D eigenvalue weighted by molar-refractivity contribution is 5.85. The quantitative estimate of drug-likeness (QED) is 0.751. The van der Waals surface area contributed by atoms with Gasteiger partial charge in [-0.1, -0.05) is 24.3 Å². The van der Waals surface area contributed by atoms with E-state index in [1.807, 2.05) is 25.2 Å². The van der Waals surface area contributed by atoms with Crippen molar-refractivity contribution in [3.8, 4) is 5.75 Å². The van der Waals surface area contributed by atoms with Crippen LogP contribution in [0.4, 0.5) is 13.2 Å². The zero-order valence-electron chi connectivity index (χ0n) is 13.8. The summed E-state index contributed by atoms with van der Waals surface area (Å²) in [5, 5.41) is 3.29. The lowest BCUT2D eigenvalue weighted by atomic mass is 10.0. The average Bonchev–Trinajstić information content (AvgIpc) is 2.74. The molecule has 0 aromatic heterocycles. The molecule has 2 aromatic rings. The summed E-state index contributed by atoms with van der Waals surface area (Å²) >= 11 is 0. The van der Waals surface area contributed by atoms with Gasteiger partial charge < -0.3 is 10.1 Å². The standard InChI is InChI=1S/C19H20F3NO.ClH/c1-23-15-9-6-13-4-2-3-5-17(13)18(12-15)24-16-10-7-14(8-11-16)19(20,21)22;/h2-5,7-8,10-11,15,18,23H,6,9,12H2,1H3;1H/t15-,18-;/m0./s1. The van der Waals surface area contributed by atoms with Gasteiger partial charge in [-0.05, 0) is 55.3 Å². The van der Waals surface area contributed by atoms with Gasteiger partial charge in [0.1, 0.15) is 11.9 Å². The average molecular weight is 372 g/mol. The minimum Gasteiger partial charge on any atom is -0.486 e. The lowest BCUT2D eigenvalue weighted by molar-refractivity contribution is -0.137. The van der Waals surface area contributed by atoms with Crippen LogP contribution in [-0.4, -0.2) is 13.1 Å². The molecule has 136 valence electrons. The zero-order valence-corrected chi connectivity index (χ0v) is 14.7. The second kappa shape index (κ2) is 8.11. The maximum absolute atomic E-state index is 12.7. The van der Waals surface area contributed by atoms with Crippen LogP contribution in [0.15, 0.2) is 48.5 Å². The van der Waals surface area contributed by atoms with E-state index in [4.69, 9.17) is 4.74 Å². The number of aryl methyl sites for hydroxylation is 1. The van der Waals surface area contributed by atoms with Gasteiger partial charge in [0.15, 0.2) is 0 Å². The van der Waals surface area contributed by atoms with Crippen molar-refractivity contribution < 1.29 is 17.9 Å². The van der Waals surface area contributed by atoms with Crippen LogP contribution in [-0.2, 0) is 12.6 Å². The Morgan fingerprint density at radius 3 is 2.36 bits per heavy atom. The second-order valence-electron chi connectivity index (χ2n) is 6.09. The van der Waals surface area contributed by atoms with Gasteiger partial charge in [0, 0.05) is 12.5 Å². The lowest BCUT2D eigenvalue weighted by Gasteiger charge is -2.23. The number of hydrogen-bond donors (Lipinski definition) is 1. The molecule has 0 fully saturated rings. The molecule has 2 nitrogen and oxygen atoms in total. The fraction of sp³-hybridized carbons (Fsp3) is 0.368. The molecule has 6 heteroatoms. The van der Waals surface area contributed by atoms with Crippen LogP contribution in [0.2, 0.25) is 0 Å². The summed E-state index contributed by atoms with van der Waals surface area (Å²) in [6.07, 6.45) is -1.73. The summed E-state index contributed by atoms with van der Waals surface area (Å²) in [7, 11) is 1.93. The molecule has 0 saturated heterocycles. The molecule has 2 aromatic carbocycles. The summed E-state index contributed by atoms with van der Waals surface area (Å²) in [4.78, 5) is 0. The van der Waals surface area contributed by atoms with Gasteiger partial charge in [0.2, 0.25) is 0 Å². The molecule has 3 rings (SSSR count). The van der Waals surface area contributed by atoms with Crippen LogP contribution in [0.1, 0.15) is 35.6 Å². The van der Waals surface area contributed by atoms with Crippen LogP contribution >= 0.6 is 12.4 Å². The molecule has 1 N–H and O–H groups in total. The SMILES string of the molecule is CN[C@H]1CCc2ccccc2[C@@H](Oc2ccc(C(F)(F)F)cc2)C1.Cl. The Labute approximate surface area is 151 Å². The Morgan fingerprint density at radius 1 is 1.04 bits per heavy atom. The van der Waals surface area contributed by atoms with Gasteiger partial charge in [0.25, 0.3) is 0 Å². The van der Waals surface area contributed by atoms with E-state index < -0.39 is 11.7 Å². The van der Waals surface area contributed by atoms with E-state index in [1.165, 1.54) is 17.7 Å². The second-order valence-corrected chi connectivity index (χ2v) is 6.09. The van der Waals surface area contributed by atoms with E-state index in [1.54, 1.807) is 0 Å². The highest BCUT2D eigenvalue weighted by Crippen LogP contribution is 2.34. The maximum Gasteiger partial charge on any atom is 0.416 e. The molecule has 25 heavy (non-hydrogen) atoms. The molecule has 0 saturated carbocycles. The minimum atomic E-state index is -4.33. The smallest absolute Gasteiger partial charge is 0.416 e. The Bertz CT molecular complexity index is 688. The van der Waals surface area contributed by atoms with E-state index >= 15 is 0 Å². The third kappa shape index (κ3) is 4.67. The number of nitrogens with one attached hydrogen (secondary N) is 1. The predicted molar refractivity (Wildman–Crippen MR) is 94.3 cm³/mol. The first-order chi connectivity index (χ1) is 11.5. The number of fused-ring (bicyclic) bond motifs is 1. The van der Waals surface area contributed by atoms with Crippen LogP contribution in [0, 0.1) is 0 Å². The summed E-state index contributed by atoms with van der Waals surface area (Å²) in [5.74, 6) is 0.458. The molecular formula is C19H21ClF3NO. The van der Waals surface area contributed by atoms with Crippen molar-refractivity contribution >= 4 is 12.4 Å². The van der Waals surface area contributed by atoms with Crippen molar-refractivity contribution in [2.45, 2.75) is 37.6 Å². The Morgan fingerprint density at radius 2 is 1.72 bits per heavy atom. The molecular weight excluding hydrogens is 351 g/mol. The maximum atomic E-state index is 12.7. The topological polar surface area (TPSA) is 21.3 Å². The van der Waals surface area contributed by atoms with Crippen LogP contribution in [0.25, 0.3) is 0 Å². The van der Waals surface area contributed by atoms with Crippen molar-refractivity contribution in [1.29, 1.82) is 0 Å². The van der Waals surface area contributed by atoms with E-state index in [9.17, 15) is 13.2 Å². The van der Waals surface area contributed by atoms with E-state index in [0.29, 0.717) is 11.8 Å². The zero-order chi connectivity index (χ0) is 17.2. The molecule has 2 atom stereocenters. The molecule has 1 aliphatic rings. The van der Waals surface area contributed by atoms with Crippen molar-refractivity contribution in [2.24, 2.45) is 0 Å². The molecule has 0 unspecified atom stereocenters. The lowest BCUT2D eigenvalue weighted by Crippen LogP contribution is -2.27. The van der Waals surface area contributed by atoms with Crippen LogP contribution in [0.3, 0.4) is 0 Å². The van der Waals surface area contributed by atoms with Crippen LogP contribution in [0.5, 0.6) is 5.75 Å². The van der Waals surface area contributed by atoms with E-state index in [2.05, 4.69) is 11.4 Å². The molecule has 0 amide bonds. The monoisotopic (exact) mass is 371 g/mol. The number of hydrogen-bond acceptors (Lipinski definition) is 2. The Balaban J connectivity index is 0.00000225. The first-order valence-electron chi connectivity index (χ1n) is 8.06. The fourth-order valence-corrected chi connectivity index (χ4v) is 3.17. The van der Waals surface area contributed by atoms with Gasteiger partial charge in [-0.25, -0.2) is 0 Å². The third-order valence-electron chi connectivity index (χ3n) is 4.53. The Hall–Kier alpha value is -1.72. The molecule has 0 radical (unpaired) electrons. The first-order valence-corrected chi connectivity index (χ1v) is 8.06. The minimum absolute atomic E-state index is 0. The highest BCUT2D eigenvalue weighted by Gasteiger charge is 2.30. The fourth-order valence-electron chi connectivity index (χ4n) is 3.17. The van der Waals surface area contributed by atoms with E-state index in [-0.39, 0.29) is 18.5 Å². The van der Waals surface area contributed by atoms with Gasteiger partial charge in [0.05, 0.1) is 5.56 Å². The summed E-state index contributed by atoms with van der Waals surface area (Å²) in [6.45, 7) is 0. The van der Waals surface area contributed by atoms with Crippen molar-refractivity contribution in [3.05, 3.63) is 65.2 Å². The van der Waals surface area contributed by atoms with Crippen molar-refractivity contribution in [2.75, 3.05) is 7.05 Å². The van der Waals surface area contributed by atoms with Gasteiger partial charge >= 0.3 is 6.18 Å². The third-order valence-corrected chi connectivity index (χ3v) is 4.53. The number of alkyl halides is 3. The summed E-state index contributed by atoms with van der Waals surface area (Å²) < 4.78 is 44.1. The number of ether oxygens (including phenoxy) is 1. The van der Waals surface area contributed by atoms with Gasteiger partial charge in [-0.15, -0.1) is 12.4 Å². The van der Waals surface area contributed by atoms with Gasteiger partial charge in [-0.3, -0.25) is 0 Å². The largest absolute Gasteiger partial charge is 0.486 e. The number of halogens is 4. The predicted octanol–water partition coefficient (Wildman–Crippen LogP) is 5.17. The summed E-state index contributed by atoms with van der Waals surface area (Å²) in [5.41, 5.74) is 1.70. The molecule has 0 bridgehead atoms. The summed E-state index contributed by atoms with van der Waals surface area (Å²) in [6, 6.07) is 13.3. The molecule has 0 spiro atoms. The van der Waals surface area contributed by atoms with Crippen molar-refractivity contribution in [1.82, 2.24) is 5.32 Å². The Kier molecular flexibility index (Phi) is 6.36.